The lowest BCUT2D eigenvalue weighted by atomic mass is 10.1. The highest BCUT2D eigenvalue weighted by Gasteiger charge is 2.07. The predicted molar refractivity (Wildman–Crippen MR) is 86.2 cm³/mol. The van der Waals surface area contributed by atoms with Crippen molar-refractivity contribution in [3.8, 4) is 11.5 Å². The summed E-state index contributed by atoms with van der Waals surface area (Å²) in [5.74, 6) is 1.55. The highest BCUT2D eigenvalue weighted by molar-refractivity contribution is 5.79. The summed E-state index contributed by atoms with van der Waals surface area (Å²) < 4.78 is 10.6. The number of para-hydroxylation sites is 1. The van der Waals surface area contributed by atoms with Gasteiger partial charge in [-0.25, -0.2) is 0 Å². The fourth-order valence-electron chi connectivity index (χ4n) is 2.16. The number of benzene rings is 2. The Balaban J connectivity index is 1.87. The number of nitrogens with one attached hydrogen (secondary N) is 1. The molecule has 2 rings (SSSR count). The first-order valence-corrected chi connectivity index (χ1v) is 7.33. The Morgan fingerprint density at radius 3 is 2.50 bits per heavy atom. The standard InChI is InChI=1S/C18H21NO3/c1-3-22-16-10-8-14(9-11-16)13-19-18(20)12-15-6-4-5-7-17(15)21-2/h4-11H,3,12-13H2,1-2H3,(H,19,20). The highest BCUT2D eigenvalue weighted by Crippen LogP contribution is 2.17. The minimum Gasteiger partial charge on any atom is -0.496 e. The van der Waals surface area contributed by atoms with Crippen molar-refractivity contribution in [2.75, 3.05) is 13.7 Å². The number of amides is 1. The maximum Gasteiger partial charge on any atom is 0.224 e. The van der Waals surface area contributed by atoms with E-state index in [0.29, 0.717) is 19.6 Å². The molecule has 0 aliphatic carbocycles. The summed E-state index contributed by atoms with van der Waals surface area (Å²) in [6.07, 6.45) is 0.307. The normalized spacial score (nSPS) is 10.1. The molecule has 0 atom stereocenters. The minimum absolute atomic E-state index is 0.0293. The second kappa shape index (κ2) is 8.08. The smallest absolute Gasteiger partial charge is 0.224 e. The average Bonchev–Trinajstić information content (AvgIpc) is 2.55. The number of hydrogen-bond acceptors (Lipinski definition) is 3. The van der Waals surface area contributed by atoms with Crippen LogP contribution in [0.5, 0.6) is 11.5 Å². The molecule has 116 valence electrons. The number of carbonyl (C=O) groups excluding carboxylic acids is 1. The summed E-state index contributed by atoms with van der Waals surface area (Å²) >= 11 is 0. The van der Waals surface area contributed by atoms with Crippen molar-refractivity contribution >= 4 is 5.91 Å². The van der Waals surface area contributed by atoms with Crippen LogP contribution in [0.2, 0.25) is 0 Å². The molecule has 0 saturated carbocycles. The number of rotatable bonds is 7. The molecule has 0 radical (unpaired) electrons. The van der Waals surface area contributed by atoms with Gasteiger partial charge in [-0.2, -0.15) is 0 Å². The molecular weight excluding hydrogens is 278 g/mol. The Bertz CT molecular complexity index is 608. The number of methoxy groups -OCH3 is 1. The Morgan fingerprint density at radius 1 is 1.09 bits per heavy atom. The Hall–Kier alpha value is -2.49. The third kappa shape index (κ3) is 4.52. The van der Waals surface area contributed by atoms with Crippen molar-refractivity contribution < 1.29 is 14.3 Å². The predicted octanol–water partition coefficient (Wildman–Crippen LogP) is 2.95. The molecule has 1 amide bonds. The molecule has 0 heterocycles. The summed E-state index contributed by atoms with van der Waals surface area (Å²) in [7, 11) is 1.61. The second-order valence-corrected chi connectivity index (χ2v) is 4.84. The van der Waals surface area contributed by atoms with Gasteiger partial charge in [-0.15, -0.1) is 0 Å². The van der Waals surface area contributed by atoms with Gasteiger partial charge in [-0.1, -0.05) is 30.3 Å². The van der Waals surface area contributed by atoms with Gasteiger partial charge < -0.3 is 14.8 Å². The van der Waals surface area contributed by atoms with Crippen LogP contribution in [0.1, 0.15) is 18.1 Å². The molecule has 2 aromatic carbocycles. The molecule has 0 bridgehead atoms. The molecule has 4 heteroatoms. The number of carbonyl (C=O) groups is 1. The highest BCUT2D eigenvalue weighted by atomic mass is 16.5. The van der Waals surface area contributed by atoms with Gasteiger partial charge in [0.1, 0.15) is 11.5 Å². The van der Waals surface area contributed by atoms with Gasteiger partial charge in [0.25, 0.3) is 0 Å². The van der Waals surface area contributed by atoms with Crippen LogP contribution in [0.25, 0.3) is 0 Å². The molecular formula is C18H21NO3. The quantitative estimate of drug-likeness (QED) is 0.855. The van der Waals surface area contributed by atoms with Crippen molar-refractivity contribution in [2.45, 2.75) is 19.9 Å². The van der Waals surface area contributed by atoms with Crippen molar-refractivity contribution in [1.82, 2.24) is 5.32 Å². The largest absolute Gasteiger partial charge is 0.496 e. The van der Waals surface area contributed by atoms with Crippen LogP contribution in [0.4, 0.5) is 0 Å². The number of hydrogen-bond donors (Lipinski definition) is 1. The Labute approximate surface area is 131 Å². The molecule has 0 unspecified atom stereocenters. The molecule has 0 aliphatic rings. The van der Waals surface area contributed by atoms with Gasteiger partial charge in [0.15, 0.2) is 0 Å². The van der Waals surface area contributed by atoms with Crippen LogP contribution in [0.15, 0.2) is 48.5 Å². The minimum atomic E-state index is -0.0293. The molecule has 2 aromatic rings. The van der Waals surface area contributed by atoms with E-state index in [1.807, 2.05) is 55.5 Å². The molecule has 0 saturated heterocycles. The van der Waals surface area contributed by atoms with Crippen LogP contribution >= 0.6 is 0 Å². The monoisotopic (exact) mass is 299 g/mol. The van der Waals surface area contributed by atoms with E-state index in [4.69, 9.17) is 9.47 Å². The lowest BCUT2D eigenvalue weighted by Gasteiger charge is -2.09. The lowest BCUT2D eigenvalue weighted by Crippen LogP contribution is -2.24. The summed E-state index contributed by atoms with van der Waals surface area (Å²) in [4.78, 5) is 12.0. The van der Waals surface area contributed by atoms with Gasteiger partial charge >= 0.3 is 0 Å². The third-order valence-electron chi connectivity index (χ3n) is 3.27. The Kier molecular flexibility index (Phi) is 5.83. The van der Waals surface area contributed by atoms with E-state index in [2.05, 4.69) is 5.32 Å². The van der Waals surface area contributed by atoms with Crippen molar-refractivity contribution in [3.05, 3.63) is 59.7 Å². The molecule has 0 aliphatic heterocycles. The average molecular weight is 299 g/mol. The van der Waals surface area contributed by atoms with Crippen LogP contribution in [0, 0.1) is 0 Å². The maximum absolute atomic E-state index is 12.0. The Morgan fingerprint density at radius 2 is 1.82 bits per heavy atom. The molecule has 1 N–H and O–H groups in total. The van der Waals surface area contributed by atoms with Gasteiger partial charge in [0.05, 0.1) is 20.1 Å². The van der Waals surface area contributed by atoms with Crippen LogP contribution < -0.4 is 14.8 Å². The summed E-state index contributed by atoms with van der Waals surface area (Å²) in [6.45, 7) is 3.10. The fraction of sp³-hybridized carbons (Fsp3) is 0.278. The molecule has 0 fully saturated rings. The van der Waals surface area contributed by atoms with Gasteiger partial charge in [-0.05, 0) is 30.7 Å². The van der Waals surface area contributed by atoms with Crippen LogP contribution in [0.3, 0.4) is 0 Å². The first kappa shape index (κ1) is 15.9. The van der Waals surface area contributed by atoms with Crippen LogP contribution in [-0.2, 0) is 17.8 Å². The zero-order valence-corrected chi connectivity index (χ0v) is 13.0. The molecule has 0 aromatic heterocycles. The lowest BCUT2D eigenvalue weighted by molar-refractivity contribution is -0.120. The first-order valence-electron chi connectivity index (χ1n) is 7.33. The van der Waals surface area contributed by atoms with E-state index >= 15 is 0 Å². The summed E-state index contributed by atoms with van der Waals surface area (Å²) in [6, 6.07) is 15.3. The SMILES string of the molecule is CCOc1ccc(CNC(=O)Cc2ccccc2OC)cc1. The fourth-order valence-corrected chi connectivity index (χ4v) is 2.16. The third-order valence-corrected chi connectivity index (χ3v) is 3.27. The van der Waals surface area contributed by atoms with E-state index in [0.717, 1.165) is 22.6 Å². The van der Waals surface area contributed by atoms with E-state index in [9.17, 15) is 4.79 Å². The number of ether oxygens (including phenoxy) is 2. The second-order valence-electron chi connectivity index (χ2n) is 4.84. The molecule has 22 heavy (non-hydrogen) atoms. The summed E-state index contributed by atoms with van der Waals surface area (Å²) in [5.41, 5.74) is 1.92. The van der Waals surface area contributed by atoms with Crippen molar-refractivity contribution in [3.63, 3.8) is 0 Å². The van der Waals surface area contributed by atoms with Crippen molar-refractivity contribution in [1.29, 1.82) is 0 Å². The zero-order chi connectivity index (χ0) is 15.8. The van der Waals surface area contributed by atoms with E-state index in [1.165, 1.54) is 0 Å². The molecule has 0 spiro atoms. The van der Waals surface area contributed by atoms with E-state index in [1.54, 1.807) is 7.11 Å². The van der Waals surface area contributed by atoms with Crippen molar-refractivity contribution in [2.24, 2.45) is 0 Å². The van der Waals surface area contributed by atoms with E-state index < -0.39 is 0 Å². The van der Waals surface area contributed by atoms with Gasteiger partial charge in [0.2, 0.25) is 5.91 Å². The topological polar surface area (TPSA) is 47.6 Å². The van der Waals surface area contributed by atoms with E-state index in [-0.39, 0.29) is 5.91 Å². The maximum atomic E-state index is 12.0. The summed E-state index contributed by atoms with van der Waals surface area (Å²) in [5, 5.41) is 2.91. The van der Waals surface area contributed by atoms with Gasteiger partial charge in [-0.3, -0.25) is 4.79 Å². The zero-order valence-electron chi connectivity index (χ0n) is 13.0. The molecule has 4 nitrogen and oxygen atoms in total. The van der Waals surface area contributed by atoms with Gasteiger partial charge in [0, 0.05) is 12.1 Å². The van der Waals surface area contributed by atoms with Crippen LogP contribution in [-0.4, -0.2) is 19.6 Å². The first-order chi connectivity index (χ1) is 10.7.